The first-order valence-electron chi connectivity index (χ1n) is 8.84. The van der Waals surface area contributed by atoms with Crippen molar-refractivity contribution in [3.05, 3.63) is 16.3 Å². The lowest BCUT2D eigenvalue weighted by Gasteiger charge is -2.27. The number of thiophene rings is 1. The van der Waals surface area contributed by atoms with Crippen molar-refractivity contribution in [2.75, 3.05) is 11.9 Å². The Morgan fingerprint density at radius 1 is 1.23 bits per heavy atom. The van der Waals surface area contributed by atoms with E-state index in [4.69, 9.17) is 9.84 Å². The lowest BCUT2D eigenvalue weighted by molar-refractivity contribution is -0.142. The van der Waals surface area contributed by atoms with Crippen molar-refractivity contribution in [1.82, 2.24) is 9.97 Å². The van der Waals surface area contributed by atoms with Crippen LogP contribution < -0.4 is 5.32 Å². The van der Waals surface area contributed by atoms with Gasteiger partial charge < -0.3 is 15.2 Å². The largest absolute Gasteiger partial charge is 0.481 e. The number of hydrogen-bond acceptors (Lipinski definition) is 7. The van der Waals surface area contributed by atoms with Gasteiger partial charge in [0.2, 0.25) is 0 Å². The zero-order valence-electron chi connectivity index (χ0n) is 15.2. The van der Waals surface area contributed by atoms with Crippen molar-refractivity contribution in [3.63, 3.8) is 0 Å². The molecule has 1 saturated carbocycles. The van der Waals surface area contributed by atoms with Crippen molar-refractivity contribution in [3.8, 4) is 0 Å². The number of aliphatic carboxylic acids is 1. The number of aromatic nitrogens is 2. The molecule has 7 nitrogen and oxygen atoms in total. The number of aryl methyl sites for hydroxylation is 2. The molecule has 0 amide bonds. The van der Waals surface area contributed by atoms with E-state index in [0.717, 1.165) is 34.4 Å². The van der Waals surface area contributed by atoms with Gasteiger partial charge in [-0.1, -0.05) is 0 Å². The smallest absolute Gasteiger partial charge is 0.348 e. The molecule has 8 heteroatoms. The van der Waals surface area contributed by atoms with Crippen LogP contribution in [-0.4, -0.2) is 39.7 Å². The highest BCUT2D eigenvalue weighted by Crippen LogP contribution is 2.36. The number of anilines is 1. The molecule has 3 rings (SSSR count). The lowest BCUT2D eigenvalue weighted by atomic mass is 9.86. The average molecular weight is 377 g/mol. The molecule has 0 aromatic carbocycles. The van der Waals surface area contributed by atoms with E-state index in [1.54, 1.807) is 6.92 Å². The molecule has 0 radical (unpaired) electrons. The Kier molecular flexibility index (Phi) is 5.41. The molecule has 0 unspecified atom stereocenters. The van der Waals surface area contributed by atoms with Gasteiger partial charge in [-0.05, 0) is 52.0 Å². The predicted octanol–water partition coefficient (Wildman–Crippen LogP) is 3.54. The topological polar surface area (TPSA) is 101 Å². The molecule has 140 valence electrons. The molecule has 2 N–H and O–H groups in total. The summed E-state index contributed by atoms with van der Waals surface area (Å²) < 4.78 is 5.14. The Bertz CT molecular complexity index is 841. The minimum atomic E-state index is -0.712. The third kappa shape index (κ3) is 3.65. The number of esters is 1. The first kappa shape index (κ1) is 18.6. The minimum Gasteiger partial charge on any atom is -0.481 e. The van der Waals surface area contributed by atoms with Gasteiger partial charge in [0.15, 0.2) is 0 Å². The lowest BCUT2D eigenvalue weighted by Crippen LogP contribution is -2.29. The third-order valence-corrected chi connectivity index (χ3v) is 5.95. The van der Waals surface area contributed by atoms with Crippen molar-refractivity contribution < 1.29 is 19.4 Å². The van der Waals surface area contributed by atoms with Gasteiger partial charge in [-0.15, -0.1) is 11.3 Å². The Morgan fingerprint density at radius 3 is 2.54 bits per heavy atom. The number of carboxylic acids is 1. The summed E-state index contributed by atoms with van der Waals surface area (Å²) in [4.78, 5) is 33.6. The fraction of sp³-hybridized carbons (Fsp3) is 0.556. The van der Waals surface area contributed by atoms with Crippen LogP contribution >= 0.6 is 11.3 Å². The molecule has 26 heavy (non-hydrogen) atoms. The molecule has 0 atom stereocenters. The maximum Gasteiger partial charge on any atom is 0.348 e. The molecule has 0 saturated heterocycles. The molecule has 2 aromatic heterocycles. The molecular weight excluding hydrogens is 354 g/mol. The first-order valence-corrected chi connectivity index (χ1v) is 9.66. The van der Waals surface area contributed by atoms with Crippen LogP contribution in [0.3, 0.4) is 0 Å². The highest BCUT2D eigenvalue weighted by Gasteiger charge is 2.27. The number of carbonyl (C=O) groups excluding carboxylic acids is 1. The zero-order chi connectivity index (χ0) is 18.8. The summed E-state index contributed by atoms with van der Waals surface area (Å²) in [6.07, 6.45) is 2.90. The Morgan fingerprint density at radius 2 is 1.92 bits per heavy atom. The normalized spacial score (nSPS) is 20.1. The highest BCUT2D eigenvalue weighted by atomic mass is 32.1. The van der Waals surface area contributed by atoms with Crippen LogP contribution in [0.1, 0.15) is 53.7 Å². The minimum absolute atomic E-state index is 0.174. The van der Waals surface area contributed by atoms with Gasteiger partial charge in [0.1, 0.15) is 21.3 Å². The number of fused-ring (bicyclic) bond motifs is 1. The van der Waals surface area contributed by atoms with Crippen molar-refractivity contribution in [2.24, 2.45) is 5.92 Å². The number of ether oxygens (including phenoxy) is 1. The second-order valence-electron chi connectivity index (χ2n) is 6.61. The maximum absolute atomic E-state index is 12.2. The van der Waals surface area contributed by atoms with Crippen LogP contribution in [0, 0.1) is 19.8 Å². The third-order valence-electron chi connectivity index (χ3n) is 4.78. The maximum atomic E-state index is 12.2. The zero-order valence-corrected chi connectivity index (χ0v) is 16.0. The Hall–Kier alpha value is -2.22. The number of rotatable bonds is 5. The Balaban J connectivity index is 1.88. The van der Waals surface area contributed by atoms with Gasteiger partial charge in [0.05, 0.1) is 17.9 Å². The molecule has 2 aromatic rings. The van der Waals surface area contributed by atoms with Crippen LogP contribution in [0.4, 0.5) is 5.82 Å². The van der Waals surface area contributed by atoms with Crippen LogP contribution in [0.2, 0.25) is 0 Å². The van der Waals surface area contributed by atoms with Crippen LogP contribution in [0.25, 0.3) is 10.2 Å². The molecule has 1 aliphatic rings. The van der Waals surface area contributed by atoms with Crippen molar-refractivity contribution >= 4 is 39.3 Å². The molecule has 1 fully saturated rings. The van der Waals surface area contributed by atoms with Crippen LogP contribution in [0.15, 0.2) is 0 Å². The molecule has 0 aliphatic heterocycles. The summed E-state index contributed by atoms with van der Waals surface area (Å²) in [5.41, 5.74) is 0.824. The van der Waals surface area contributed by atoms with E-state index >= 15 is 0 Å². The first-order chi connectivity index (χ1) is 12.4. The average Bonchev–Trinajstić information content (AvgIpc) is 2.92. The predicted molar refractivity (Wildman–Crippen MR) is 99.9 cm³/mol. The molecule has 0 bridgehead atoms. The summed E-state index contributed by atoms with van der Waals surface area (Å²) in [6.45, 7) is 5.82. The monoisotopic (exact) mass is 377 g/mol. The quantitative estimate of drug-likeness (QED) is 0.768. The van der Waals surface area contributed by atoms with Crippen molar-refractivity contribution in [2.45, 2.75) is 52.5 Å². The van der Waals surface area contributed by atoms with E-state index in [9.17, 15) is 9.59 Å². The summed E-state index contributed by atoms with van der Waals surface area (Å²) in [6, 6.07) is 0.174. The van der Waals surface area contributed by atoms with E-state index in [2.05, 4.69) is 15.3 Å². The number of nitrogens with zero attached hydrogens (tertiary/aromatic N) is 2. The van der Waals surface area contributed by atoms with Gasteiger partial charge in [-0.2, -0.15) is 0 Å². The second-order valence-corrected chi connectivity index (χ2v) is 7.61. The van der Waals surface area contributed by atoms with E-state index in [-0.39, 0.29) is 17.9 Å². The number of carboxylic acid groups (broad SMARTS) is 1. The van der Waals surface area contributed by atoms with E-state index < -0.39 is 5.97 Å². The van der Waals surface area contributed by atoms with Crippen LogP contribution in [-0.2, 0) is 9.53 Å². The molecule has 2 heterocycles. The van der Waals surface area contributed by atoms with E-state index in [0.29, 0.717) is 30.2 Å². The van der Waals surface area contributed by atoms with Gasteiger partial charge in [0.25, 0.3) is 0 Å². The standard InChI is InChI=1S/C18H23N3O4S/c1-4-25-18(24)14-9(2)13-15(19-10(3)20-16(13)26-14)21-12-7-5-11(6-8-12)17(22)23/h11-12H,4-8H2,1-3H3,(H,22,23)(H,19,20,21). The van der Waals surface area contributed by atoms with Gasteiger partial charge in [0, 0.05) is 6.04 Å². The molecular formula is C18H23N3O4S. The summed E-state index contributed by atoms with van der Waals surface area (Å²) in [7, 11) is 0. The second kappa shape index (κ2) is 7.57. The SMILES string of the molecule is CCOC(=O)c1sc2nc(C)nc(NC3CCC(C(=O)O)CC3)c2c1C. The van der Waals surface area contributed by atoms with Gasteiger partial charge >= 0.3 is 11.9 Å². The van der Waals surface area contributed by atoms with Gasteiger partial charge in [-0.3, -0.25) is 4.79 Å². The number of nitrogens with one attached hydrogen (secondary N) is 1. The van der Waals surface area contributed by atoms with E-state index in [1.807, 2.05) is 13.8 Å². The molecule has 0 spiro atoms. The fourth-order valence-corrected chi connectivity index (χ4v) is 4.54. The summed E-state index contributed by atoms with van der Waals surface area (Å²) in [5.74, 6) is 0.0556. The van der Waals surface area contributed by atoms with Gasteiger partial charge in [-0.25, -0.2) is 14.8 Å². The fourth-order valence-electron chi connectivity index (χ4n) is 3.42. The van der Waals surface area contributed by atoms with Crippen molar-refractivity contribution in [1.29, 1.82) is 0 Å². The summed E-state index contributed by atoms with van der Waals surface area (Å²) >= 11 is 1.32. The highest BCUT2D eigenvalue weighted by molar-refractivity contribution is 7.20. The summed E-state index contributed by atoms with van der Waals surface area (Å²) in [5, 5.41) is 13.5. The Labute approximate surface area is 155 Å². The molecule has 1 aliphatic carbocycles. The number of hydrogen-bond donors (Lipinski definition) is 2. The van der Waals surface area contributed by atoms with E-state index in [1.165, 1.54) is 11.3 Å². The van der Waals surface area contributed by atoms with Crippen LogP contribution in [0.5, 0.6) is 0 Å². The number of carbonyl (C=O) groups is 2.